The molecule has 0 saturated carbocycles. The van der Waals surface area contributed by atoms with Crippen LogP contribution in [0.15, 0.2) is 43.0 Å². The van der Waals surface area contributed by atoms with Crippen molar-refractivity contribution in [3.8, 4) is 0 Å². The van der Waals surface area contributed by atoms with Crippen LogP contribution in [0, 0.1) is 10.8 Å². The van der Waals surface area contributed by atoms with Crippen LogP contribution in [-0.4, -0.2) is 0 Å². The topological polar surface area (TPSA) is 0 Å². The van der Waals surface area contributed by atoms with E-state index in [0.29, 0.717) is 10.8 Å². The Morgan fingerprint density at radius 3 is 1.38 bits per heavy atom. The molecule has 0 saturated heterocycles. The average Bonchev–Trinajstić information content (AvgIpc) is 2.98. The van der Waals surface area contributed by atoms with Crippen molar-refractivity contribution < 1.29 is 20.3 Å². The van der Waals surface area contributed by atoms with E-state index in [9.17, 15) is 0 Å². The van der Waals surface area contributed by atoms with Crippen LogP contribution in [0.5, 0.6) is 0 Å². The molecule has 0 nitrogen and oxygen atoms in total. The van der Waals surface area contributed by atoms with E-state index in [-0.39, 0.29) is 0 Å². The minimum atomic E-state index is -2.54. The summed E-state index contributed by atoms with van der Waals surface area (Å²) in [5.41, 5.74) is 0.850. The molecule has 0 radical (unpaired) electrons. The van der Waals surface area contributed by atoms with Crippen molar-refractivity contribution in [1.29, 1.82) is 0 Å². The maximum atomic E-state index is 2.48. The van der Waals surface area contributed by atoms with Gasteiger partial charge in [-0.1, -0.05) is 0 Å². The molecule has 0 atom stereocenters. The van der Waals surface area contributed by atoms with Gasteiger partial charge in [-0.05, 0) is 0 Å². The third-order valence-corrected chi connectivity index (χ3v) is 20.5. The van der Waals surface area contributed by atoms with Gasteiger partial charge in [0.05, 0.1) is 0 Å². The molecule has 116 valence electrons. The van der Waals surface area contributed by atoms with Gasteiger partial charge < -0.3 is 0 Å². The van der Waals surface area contributed by atoms with Crippen molar-refractivity contribution in [2.75, 3.05) is 0 Å². The molecule has 0 fully saturated rings. The van der Waals surface area contributed by atoms with E-state index in [1.54, 1.807) is 0 Å². The van der Waals surface area contributed by atoms with Gasteiger partial charge in [0.2, 0.25) is 0 Å². The number of allylic oxidation sites excluding steroid dienone is 8. The van der Waals surface area contributed by atoms with Crippen molar-refractivity contribution in [1.82, 2.24) is 0 Å². The molecule has 2 aliphatic carbocycles. The molecule has 1 heteroatoms. The van der Waals surface area contributed by atoms with E-state index in [0.717, 1.165) is 0 Å². The zero-order valence-corrected chi connectivity index (χ0v) is 17.3. The summed E-state index contributed by atoms with van der Waals surface area (Å²) in [6.07, 6.45) is 16.7. The molecular formula is C20H32Zr. The van der Waals surface area contributed by atoms with Crippen LogP contribution in [0.3, 0.4) is 0 Å². The monoisotopic (exact) mass is 362 g/mol. The Hall–Kier alpha value is -0.157. The van der Waals surface area contributed by atoms with Gasteiger partial charge >= 0.3 is 137 Å². The zero-order chi connectivity index (χ0) is 15.7. The first-order valence-corrected chi connectivity index (χ1v) is 14.3. The van der Waals surface area contributed by atoms with Gasteiger partial charge in [-0.2, -0.15) is 0 Å². The average molecular weight is 364 g/mol. The van der Waals surface area contributed by atoms with Crippen LogP contribution in [-0.2, 0) is 20.3 Å². The summed E-state index contributed by atoms with van der Waals surface area (Å²) in [6.45, 7) is 14.6. The fourth-order valence-electron chi connectivity index (χ4n) is 4.14. The quantitative estimate of drug-likeness (QED) is 0.518. The SMILES string of the molecule is CC(C)(C)[CH2][Zr]([CH2]C(C)(C)C)([C]1=CC=CC1)[C]1=CC=CC1. The molecule has 0 unspecified atom stereocenters. The van der Waals surface area contributed by atoms with Crippen LogP contribution in [0.1, 0.15) is 54.4 Å². The predicted octanol–water partition coefficient (Wildman–Crippen LogP) is 6.76. The Labute approximate surface area is 136 Å². The Kier molecular flexibility index (Phi) is 5.04. The molecule has 2 aliphatic rings. The molecule has 0 amide bonds. The first-order valence-electron chi connectivity index (χ1n) is 8.35. The zero-order valence-electron chi connectivity index (χ0n) is 14.8. The fraction of sp³-hybridized carbons (Fsp3) is 0.600. The van der Waals surface area contributed by atoms with Crippen LogP contribution in [0.2, 0.25) is 8.26 Å². The van der Waals surface area contributed by atoms with E-state index in [1.165, 1.54) is 21.1 Å². The maximum absolute atomic E-state index is 2.54. The summed E-state index contributed by atoms with van der Waals surface area (Å²) in [4.78, 5) is 0. The number of hydrogen-bond donors (Lipinski definition) is 0. The van der Waals surface area contributed by atoms with E-state index in [4.69, 9.17) is 0 Å². The molecule has 0 bridgehead atoms. The second kappa shape index (κ2) is 6.15. The van der Waals surface area contributed by atoms with Gasteiger partial charge in [0, 0.05) is 0 Å². The van der Waals surface area contributed by atoms with Gasteiger partial charge in [0.25, 0.3) is 0 Å². The Bertz CT molecular complexity index is 453. The van der Waals surface area contributed by atoms with Gasteiger partial charge in [-0.25, -0.2) is 0 Å². The van der Waals surface area contributed by atoms with Crippen LogP contribution >= 0.6 is 0 Å². The summed E-state index contributed by atoms with van der Waals surface area (Å²) in [7, 11) is 0. The first-order chi connectivity index (χ1) is 9.62. The van der Waals surface area contributed by atoms with Crippen LogP contribution in [0.25, 0.3) is 0 Å². The Morgan fingerprint density at radius 2 is 1.14 bits per heavy atom. The molecule has 0 aromatic carbocycles. The van der Waals surface area contributed by atoms with Crippen molar-refractivity contribution in [2.45, 2.75) is 62.6 Å². The third-order valence-electron chi connectivity index (χ3n) is 4.44. The number of hydrogen-bond acceptors (Lipinski definition) is 0. The summed E-state index contributed by atoms with van der Waals surface area (Å²) in [5, 5.41) is 0. The van der Waals surface area contributed by atoms with Gasteiger partial charge in [0.1, 0.15) is 0 Å². The van der Waals surface area contributed by atoms with Crippen LogP contribution < -0.4 is 0 Å². The molecule has 0 aromatic heterocycles. The van der Waals surface area contributed by atoms with Gasteiger partial charge in [0.15, 0.2) is 0 Å². The van der Waals surface area contributed by atoms with Gasteiger partial charge in [-0.15, -0.1) is 0 Å². The minimum absolute atomic E-state index is 0.425. The van der Waals surface area contributed by atoms with Crippen molar-refractivity contribution >= 4 is 0 Å². The second-order valence-corrected chi connectivity index (χ2v) is 19.4. The molecule has 0 N–H and O–H groups in total. The second-order valence-electron chi connectivity index (χ2n) is 9.21. The normalized spacial score (nSPS) is 19.1. The molecule has 0 heterocycles. The standard InChI is InChI=1S/2C5H5.2C5H11.Zr/c2*1-2-4-5-3-1;2*1-5(2,3)4;/h2*1-3H,4H2;2*1H2,2-4H3;. The van der Waals surface area contributed by atoms with Crippen molar-refractivity contribution in [2.24, 2.45) is 10.8 Å². The molecule has 0 spiro atoms. The van der Waals surface area contributed by atoms with Crippen LogP contribution in [0.4, 0.5) is 0 Å². The van der Waals surface area contributed by atoms with Crippen molar-refractivity contribution in [3.63, 3.8) is 0 Å². The Balaban J connectivity index is 2.47. The molecular weight excluding hydrogens is 331 g/mol. The van der Waals surface area contributed by atoms with E-state index in [1.807, 2.05) is 6.56 Å². The number of rotatable bonds is 4. The summed E-state index contributed by atoms with van der Waals surface area (Å²) >= 11 is -2.54. The molecule has 0 aliphatic heterocycles. The molecule has 2 rings (SSSR count). The first kappa shape index (κ1) is 17.2. The molecule has 21 heavy (non-hydrogen) atoms. The van der Waals surface area contributed by atoms with Crippen molar-refractivity contribution in [3.05, 3.63) is 43.0 Å². The molecule has 0 aromatic rings. The summed E-state index contributed by atoms with van der Waals surface area (Å²) in [5.74, 6) is 0. The van der Waals surface area contributed by atoms with E-state index in [2.05, 4.69) is 78.0 Å². The van der Waals surface area contributed by atoms with E-state index < -0.39 is 20.3 Å². The summed E-state index contributed by atoms with van der Waals surface area (Å²) < 4.78 is 6.56. The Morgan fingerprint density at radius 1 is 0.762 bits per heavy atom. The predicted molar refractivity (Wildman–Crippen MR) is 92.2 cm³/mol. The third kappa shape index (κ3) is 4.41. The fourth-order valence-corrected chi connectivity index (χ4v) is 21.1. The van der Waals surface area contributed by atoms with E-state index >= 15 is 0 Å². The summed E-state index contributed by atoms with van der Waals surface area (Å²) in [6, 6.07) is 0. The van der Waals surface area contributed by atoms with Gasteiger partial charge in [-0.3, -0.25) is 0 Å².